The zero-order valence-corrected chi connectivity index (χ0v) is 20.9. The molecule has 12 nitrogen and oxygen atoms in total. The van der Waals surface area contributed by atoms with E-state index >= 15 is 0 Å². The van der Waals surface area contributed by atoms with Crippen LogP contribution in [-0.2, 0) is 17.5 Å². The fourth-order valence-electron chi connectivity index (χ4n) is 4.38. The maximum absolute atomic E-state index is 13.8. The first-order chi connectivity index (χ1) is 19.0. The lowest BCUT2D eigenvalue weighted by atomic mass is 10.1. The molecule has 4 aromatic rings. The molecule has 0 radical (unpaired) electrons. The van der Waals surface area contributed by atoms with E-state index in [4.69, 9.17) is 4.74 Å². The average Bonchev–Trinajstić information content (AvgIpc) is 3.28. The Morgan fingerprint density at radius 1 is 1.05 bits per heavy atom. The summed E-state index contributed by atoms with van der Waals surface area (Å²) in [7, 11) is 1.40. The van der Waals surface area contributed by atoms with Crippen molar-refractivity contribution in [2.24, 2.45) is 0 Å². The van der Waals surface area contributed by atoms with Crippen LogP contribution in [0.5, 0.6) is 0 Å². The number of hydrazine groups is 1. The molecule has 0 bridgehead atoms. The molecule has 2 aromatic heterocycles. The molecule has 2 aromatic carbocycles. The van der Waals surface area contributed by atoms with Gasteiger partial charge >= 0.3 is 11.9 Å². The number of non-ortho nitro benzene ring substituents is 1. The van der Waals surface area contributed by atoms with E-state index < -0.39 is 34.5 Å². The Kier molecular flexibility index (Phi) is 6.41. The van der Waals surface area contributed by atoms with Gasteiger partial charge in [-0.3, -0.25) is 30.3 Å². The molecule has 0 unspecified atom stereocenters. The van der Waals surface area contributed by atoms with Crippen molar-refractivity contribution < 1.29 is 22.8 Å². The summed E-state index contributed by atoms with van der Waals surface area (Å²) in [6.07, 6.45) is -1.84. The normalized spacial score (nSPS) is 13.3. The van der Waals surface area contributed by atoms with Crippen molar-refractivity contribution in [3.63, 3.8) is 0 Å². The average molecular weight is 555 g/mol. The summed E-state index contributed by atoms with van der Waals surface area (Å²) < 4.78 is 49.5. The molecule has 1 aliphatic heterocycles. The minimum atomic E-state index is -4.69. The lowest BCUT2D eigenvalue weighted by Gasteiger charge is -2.20. The minimum Gasteiger partial charge on any atom is -0.481 e. The van der Waals surface area contributed by atoms with Crippen molar-refractivity contribution in [1.29, 1.82) is 0 Å². The van der Waals surface area contributed by atoms with Gasteiger partial charge in [-0.05, 0) is 36.8 Å². The van der Waals surface area contributed by atoms with Crippen LogP contribution < -0.4 is 22.1 Å². The predicted molar refractivity (Wildman–Crippen MR) is 137 cm³/mol. The van der Waals surface area contributed by atoms with Crippen LogP contribution >= 0.6 is 0 Å². The SMILES string of the molecule is COC1=CC=C(n2c(=O)c3c(C)n(-c4ccc([N+](=O)[O-])cc4)nc3n(Cc3ccccc3C(F)(F)F)c2=O)NN1. The molecule has 0 atom stereocenters. The largest absolute Gasteiger partial charge is 0.481 e. The number of hydrogen-bond donors (Lipinski definition) is 2. The molecule has 2 N–H and O–H groups in total. The quantitative estimate of drug-likeness (QED) is 0.274. The summed E-state index contributed by atoms with van der Waals surface area (Å²) in [5, 5.41) is 15.4. The number of nitrogens with one attached hydrogen (secondary N) is 2. The highest BCUT2D eigenvalue weighted by atomic mass is 19.4. The first-order valence-corrected chi connectivity index (χ1v) is 11.6. The third kappa shape index (κ3) is 4.46. The molecule has 0 saturated carbocycles. The van der Waals surface area contributed by atoms with Gasteiger partial charge in [0.1, 0.15) is 11.2 Å². The van der Waals surface area contributed by atoms with Crippen LogP contribution in [0.1, 0.15) is 16.8 Å². The van der Waals surface area contributed by atoms with Crippen molar-refractivity contribution in [1.82, 2.24) is 29.8 Å². The number of nitro groups is 1. The number of hydrogen-bond acceptors (Lipinski definition) is 8. The zero-order chi connectivity index (χ0) is 28.8. The number of nitro benzene ring substituents is 1. The van der Waals surface area contributed by atoms with Gasteiger partial charge in [0.25, 0.3) is 11.2 Å². The number of allylic oxidation sites excluding steroid dienone is 2. The Morgan fingerprint density at radius 3 is 2.35 bits per heavy atom. The second kappa shape index (κ2) is 9.76. The van der Waals surface area contributed by atoms with Gasteiger partial charge < -0.3 is 4.74 Å². The van der Waals surface area contributed by atoms with E-state index in [1.807, 2.05) is 0 Å². The molecule has 3 heterocycles. The molecule has 0 fully saturated rings. The standard InChI is InChI=1S/C25H20F3N7O5/c1-14-21-22(31-34(14)16-7-9-17(10-8-16)35(38)39)32(13-15-5-3-4-6-18(15)25(26,27)28)24(37)33(23(21)36)19-11-12-20(40-2)30-29-19/h3-12,29-30H,13H2,1-2H3. The third-order valence-corrected chi connectivity index (χ3v) is 6.32. The van der Waals surface area contributed by atoms with Gasteiger partial charge in [-0.1, -0.05) is 18.2 Å². The summed E-state index contributed by atoms with van der Waals surface area (Å²) in [5.74, 6) is 0.289. The molecule has 40 heavy (non-hydrogen) atoms. The Hall–Kier alpha value is -5.34. The third-order valence-electron chi connectivity index (χ3n) is 6.32. The highest BCUT2D eigenvalue weighted by molar-refractivity contribution is 5.79. The topological polar surface area (TPSA) is 138 Å². The molecular weight excluding hydrogens is 535 g/mol. The predicted octanol–water partition coefficient (Wildman–Crippen LogP) is 3.03. The number of rotatable bonds is 6. The van der Waals surface area contributed by atoms with E-state index in [1.165, 1.54) is 66.4 Å². The lowest BCUT2D eigenvalue weighted by Crippen LogP contribution is -2.46. The van der Waals surface area contributed by atoms with Crippen molar-refractivity contribution in [2.45, 2.75) is 19.6 Å². The minimum absolute atomic E-state index is 0.00181. The molecule has 0 aliphatic carbocycles. The Morgan fingerprint density at radius 2 is 1.75 bits per heavy atom. The summed E-state index contributed by atoms with van der Waals surface area (Å²) in [4.78, 5) is 38.0. The van der Waals surface area contributed by atoms with E-state index in [1.54, 1.807) is 6.92 Å². The van der Waals surface area contributed by atoms with Crippen LogP contribution in [0, 0.1) is 17.0 Å². The molecule has 206 valence electrons. The number of benzene rings is 2. The highest BCUT2D eigenvalue weighted by Gasteiger charge is 2.33. The first-order valence-electron chi connectivity index (χ1n) is 11.6. The van der Waals surface area contributed by atoms with Gasteiger partial charge in [0.15, 0.2) is 5.65 Å². The highest BCUT2D eigenvalue weighted by Crippen LogP contribution is 2.32. The lowest BCUT2D eigenvalue weighted by molar-refractivity contribution is -0.384. The number of nitrogens with zero attached hydrogens (tertiary/aromatic N) is 5. The van der Waals surface area contributed by atoms with Crippen LogP contribution in [0.3, 0.4) is 0 Å². The number of aryl methyl sites for hydroxylation is 1. The fraction of sp³-hybridized carbons (Fsp3) is 0.160. The van der Waals surface area contributed by atoms with E-state index in [-0.39, 0.29) is 33.8 Å². The zero-order valence-electron chi connectivity index (χ0n) is 20.9. The van der Waals surface area contributed by atoms with Crippen LogP contribution in [-0.4, -0.2) is 30.9 Å². The Balaban J connectivity index is 1.79. The van der Waals surface area contributed by atoms with E-state index in [2.05, 4.69) is 16.0 Å². The van der Waals surface area contributed by atoms with Crippen molar-refractivity contribution in [2.75, 3.05) is 7.11 Å². The van der Waals surface area contributed by atoms with E-state index in [9.17, 15) is 32.9 Å². The van der Waals surface area contributed by atoms with Crippen LogP contribution in [0.25, 0.3) is 22.5 Å². The molecule has 0 amide bonds. The number of aromatic nitrogens is 4. The number of methoxy groups -OCH3 is 1. The van der Waals surface area contributed by atoms with Gasteiger partial charge in [-0.25, -0.2) is 14.0 Å². The molecular formula is C25H20F3N7O5. The van der Waals surface area contributed by atoms with E-state index in [0.29, 0.717) is 11.6 Å². The van der Waals surface area contributed by atoms with Gasteiger partial charge in [0.05, 0.1) is 35.5 Å². The summed E-state index contributed by atoms with van der Waals surface area (Å²) in [6.45, 7) is 0.993. The maximum Gasteiger partial charge on any atom is 0.416 e. The maximum atomic E-state index is 13.8. The van der Waals surface area contributed by atoms with Crippen molar-refractivity contribution in [3.05, 3.63) is 114 Å². The molecule has 0 saturated heterocycles. The number of halogens is 3. The number of ether oxygens (including phenoxy) is 1. The summed E-state index contributed by atoms with van der Waals surface area (Å²) in [5.41, 5.74) is 2.74. The monoisotopic (exact) mass is 555 g/mol. The number of alkyl halides is 3. The second-order valence-electron chi connectivity index (χ2n) is 8.67. The van der Waals surface area contributed by atoms with Crippen molar-refractivity contribution in [3.8, 4) is 5.69 Å². The van der Waals surface area contributed by atoms with Crippen LogP contribution in [0.2, 0.25) is 0 Å². The van der Waals surface area contributed by atoms with Gasteiger partial charge in [-0.2, -0.15) is 13.2 Å². The Bertz CT molecular complexity index is 1830. The van der Waals surface area contributed by atoms with Crippen LogP contribution in [0.15, 0.2) is 76.2 Å². The van der Waals surface area contributed by atoms with Gasteiger partial charge in [-0.15, -0.1) is 5.10 Å². The first kappa shape index (κ1) is 26.3. The van der Waals surface area contributed by atoms with Crippen LogP contribution in [0.4, 0.5) is 18.9 Å². The smallest absolute Gasteiger partial charge is 0.416 e. The molecule has 15 heteroatoms. The second-order valence-corrected chi connectivity index (χ2v) is 8.67. The summed E-state index contributed by atoms with van der Waals surface area (Å²) in [6, 6.07) is 10.1. The Labute approximate surface area is 222 Å². The molecule has 0 spiro atoms. The van der Waals surface area contributed by atoms with Gasteiger partial charge in [0, 0.05) is 18.2 Å². The fourth-order valence-corrected chi connectivity index (χ4v) is 4.38. The van der Waals surface area contributed by atoms with Gasteiger partial charge in [0.2, 0.25) is 5.88 Å². The molecule has 5 rings (SSSR count). The number of fused-ring (bicyclic) bond motifs is 1. The summed E-state index contributed by atoms with van der Waals surface area (Å²) >= 11 is 0. The van der Waals surface area contributed by atoms with Crippen molar-refractivity contribution >= 4 is 22.5 Å². The molecule has 1 aliphatic rings. The van der Waals surface area contributed by atoms with E-state index in [0.717, 1.165) is 15.2 Å².